The number of thioether (sulfide) groups is 1. The average molecular weight is 349 g/mol. The predicted molar refractivity (Wildman–Crippen MR) is 94.3 cm³/mol. The Morgan fingerprint density at radius 3 is 2.96 bits per heavy atom. The second kappa shape index (κ2) is 7.94. The summed E-state index contributed by atoms with van der Waals surface area (Å²) in [6, 6.07) is 7.31. The molecule has 1 N–H and O–H groups in total. The number of nitrogens with zero attached hydrogens (tertiary/aromatic N) is 1. The Bertz CT molecular complexity index is 684. The van der Waals surface area contributed by atoms with Crippen molar-refractivity contribution in [3.63, 3.8) is 0 Å². The van der Waals surface area contributed by atoms with E-state index in [1.54, 1.807) is 12.2 Å². The van der Waals surface area contributed by atoms with Crippen LogP contribution in [0, 0.1) is 0 Å². The molecule has 0 saturated carbocycles. The molecule has 1 aromatic carbocycles. The zero-order valence-corrected chi connectivity index (χ0v) is 13.9. The third-order valence-electron chi connectivity index (χ3n) is 2.95. The Kier molecular flexibility index (Phi) is 5.95. The highest BCUT2D eigenvalue weighted by Gasteiger charge is 2.31. The third-order valence-corrected chi connectivity index (χ3v) is 4.32. The quantitative estimate of drug-likeness (QED) is 0.464. The summed E-state index contributed by atoms with van der Waals surface area (Å²) < 4.78 is 5.83. The molecule has 0 spiro atoms. The third kappa shape index (κ3) is 4.67. The van der Waals surface area contributed by atoms with Crippen LogP contribution in [-0.2, 0) is 9.59 Å². The van der Waals surface area contributed by atoms with Gasteiger partial charge in [-0.2, -0.15) is 0 Å². The van der Waals surface area contributed by atoms with Gasteiger partial charge in [0.25, 0.3) is 5.91 Å². The molecule has 5 nitrogen and oxygen atoms in total. The Hall–Kier alpha value is -2.12. The molecule has 1 aliphatic heterocycles. The largest absolute Gasteiger partial charge is 0.490 e. The van der Waals surface area contributed by atoms with Gasteiger partial charge in [-0.3, -0.25) is 14.5 Å². The number of rotatable bonds is 7. The van der Waals surface area contributed by atoms with Crippen LogP contribution in [0.2, 0.25) is 0 Å². The lowest BCUT2D eigenvalue weighted by Gasteiger charge is -2.12. The molecular weight excluding hydrogens is 334 g/mol. The van der Waals surface area contributed by atoms with Crippen molar-refractivity contribution in [2.45, 2.75) is 6.42 Å². The fraction of sp³-hybridized carbons (Fsp3) is 0.188. The molecule has 0 aliphatic carbocycles. The number of amides is 1. The Morgan fingerprint density at radius 1 is 1.48 bits per heavy atom. The van der Waals surface area contributed by atoms with Gasteiger partial charge in [-0.15, -0.1) is 0 Å². The van der Waals surface area contributed by atoms with Gasteiger partial charge in [-0.1, -0.05) is 48.8 Å². The van der Waals surface area contributed by atoms with Crippen molar-refractivity contribution < 1.29 is 19.4 Å². The number of hydrogen-bond acceptors (Lipinski definition) is 5. The normalized spacial score (nSPS) is 16.0. The van der Waals surface area contributed by atoms with Crippen molar-refractivity contribution in [3.05, 3.63) is 47.4 Å². The van der Waals surface area contributed by atoms with Crippen LogP contribution in [0.3, 0.4) is 0 Å². The molecule has 0 atom stereocenters. The zero-order valence-electron chi connectivity index (χ0n) is 12.2. The number of carbonyl (C=O) groups is 2. The van der Waals surface area contributed by atoms with Crippen LogP contribution >= 0.6 is 24.0 Å². The Labute approximate surface area is 143 Å². The molecule has 0 aromatic heterocycles. The first-order valence-corrected chi connectivity index (χ1v) is 8.04. The van der Waals surface area contributed by atoms with Gasteiger partial charge in [0.05, 0.1) is 11.3 Å². The molecule has 1 saturated heterocycles. The van der Waals surface area contributed by atoms with E-state index in [1.807, 2.05) is 24.3 Å². The molecule has 1 aromatic rings. The summed E-state index contributed by atoms with van der Waals surface area (Å²) in [6.45, 7) is 4.08. The maximum Gasteiger partial charge on any atom is 0.305 e. The van der Waals surface area contributed by atoms with Crippen LogP contribution in [0.5, 0.6) is 5.75 Å². The van der Waals surface area contributed by atoms with Crippen molar-refractivity contribution in [3.8, 4) is 5.75 Å². The number of thiocarbonyl (C=S) groups is 1. The summed E-state index contributed by atoms with van der Waals surface area (Å²) in [7, 11) is 0. The molecule has 0 bridgehead atoms. The summed E-state index contributed by atoms with van der Waals surface area (Å²) in [5.41, 5.74) is 0.810. The van der Waals surface area contributed by atoms with Gasteiger partial charge in [0, 0.05) is 6.54 Å². The van der Waals surface area contributed by atoms with Crippen molar-refractivity contribution >= 4 is 46.3 Å². The van der Waals surface area contributed by atoms with Crippen molar-refractivity contribution in [1.29, 1.82) is 0 Å². The van der Waals surface area contributed by atoms with Gasteiger partial charge in [-0.05, 0) is 23.8 Å². The summed E-state index contributed by atoms with van der Waals surface area (Å²) in [5.74, 6) is -0.547. The Morgan fingerprint density at radius 2 is 2.26 bits per heavy atom. The molecule has 120 valence electrons. The van der Waals surface area contributed by atoms with Crippen molar-refractivity contribution in [2.75, 3.05) is 13.2 Å². The second-order valence-electron chi connectivity index (χ2n) is 4.65. The number of carboxylic acid groups (broad SMARTS) is 1. The van der Waals surface area contributed by atoms with Crippen LogP contribution in [0.4, 0.5) is 0 Å². The minimum absolute atomic E-state index is 0.0832. The van der Waals surface area contributed by atoms with E-state index in [1.165, 1.54) is 16.7 Å². The minimum Gasteiger partial charge on any atom is -0.490 e. The average Bonchev–Trinajstić information content (AvgIpc) is 2.77. The Balaban J connectivity index is 2.13. The molecule has 1 aliphatic rings. The predicted octanol–water partition coefficient (Wildman–Crippen LogP) is 2.93. The lowest BCUT2D eigenvalue weighted by molar-refractivity contribution is -0.137. The summed E-state index contributed by atoms with van der Waals surface area (Å²) in [4.78, 5) is 24.7. The smallest absolute Gasteiger partial charge is 0.305 e. The first kappa shape index (κ1) is 17.2. The number of ether oxygens (including phenoxy) is 1. The lowest BCUT2D eigenvalue weighted by atomic mass is 10.2. The summed E-state index contributed by atoms with van der Waals surface area (Å²) in [5, 5.41) is 8.73. The van der Waals surface area contributed by atoms with Gasteiger partial charge in [-0.25, -0.2) is 0 Å². The molecule has 0 radical (unpaired) electrons. The zero-order chi connectivity index (χ0) is 16.8. The lowest BCUT2D eigenvalue weighted by Crippen LogP contribution is -2.30. The number of carbonyl (C=O) groups excluding carboxylic acids is 1. The second-order valence-corrected chi connectivity index (χ2v) is 6.33. The minimum atomic E-state index is -0.963. The van der Waals surface area contributed by atoms with E-state index in [0.29, 0.717) is 21.6 Å². The highest BCUT2D eigenvalue weighted by Crippen LogP contribution is 2.33. The van der Waals surface area contributed by atoms with Crippen LogP contribution in [0.15, 0.2) is 41.8 Å². The van der Waals surface area contributed by atoms with E-state index >= 15 is 0 Å². The van der Waals surface area contributed by atoms with Gasteiger partial charge in [0.15, 0.2) is 0 Å². The van der Waals surface area contributed by atoms with Crippen LogP contribution in [0.1, 0.15) is 12.0 Å². The number of hydrogen-bond donors (Lipinski definition) is 1. The van der Waals surface area contributed by atoms with E-state index in [9.17, 15) is 9.59 Å². The van der Waals surface area contributed by atoms with Crippen LogP contribution < -0.4 is 4.74 Å². The topological polar surface area (TPSA) is 66.8 Å². The first-order chi connectivity index (χ1) is 11.0. The van der Waals surface area contributed by atoms with Crippen LogP contribution in [-0.4, -0.2) is 39.4 Å². The number of benzene rings is 1. The van der Waals surface area contributed by atoms with E-state index in [0.717, 1.165) is 5.56 Å². The van der Waals surface area contributed by atoms with E-state index in [4.69, 9.17) is 22.1 Å². The molecule has 1 fully saturated rings. The molecule has 0 unspecified atom stereocenters. The van der Waals surface area contributed by atoms with E-state index in [2.05, 4.69) is 6.58 Å². The molecule has 1 amide bonds. The van der Waals surface area contributed by atoms with Gasteiger partial charge in [0.2, 0.25) is 0 Å². The monoisotopic (exact) mass is 349 g/mol. The highest BCUT2D eigenvalue weighted by atomic mass is 32.2. The highest BCUT2D eigenvalue weighted by molar-refractivity contribution is 8.26. The van der Waals surface area contributed by atoms with E-state index < -0.39 is 5.97 Å². The van der Waals surface area contributed by atoms with Crippen molar-refractivity contribution in [1.82, 2.24) is 4.90 Å². The summed E-state index contributed by atoms with van der Waals surface area (Å²) >= 11 is 6.32. The molecule has 2 rings (SSSR count). The summed E-state index contributed by atoms with van der Waals surface area (Å²) in [6.07, 6.45) is 3.24. The first-order valence-electron chi connectivity index (χ1n) is 6.82. The van der Waals surface area contributed by atoms with Gasteiger partial charge >= 0.3 is 5.97 Å². The molecule has 1 heterocycles. The molecule has 7 heteroatoms. The van der Waals surface area contributed by atoms with Gasteiger partial charge < -0.3 is 9.84 Å². The number of aliphatic carboxylic acids is 1. The SMILES string of the molecule is C=CCOc1cccc(/C=C2\SC(=S)N(CCC(=O)O)C2=O)c1. The maximum absolute atomic E-state index is 12.3. The van der Waals surface area contributed by atoms with Gasteiger partial charge in [0.1, 0.15) is 16.7 Å². The number of carboxylic acids is 1. The fourth-order valence-corrected chi connectivity index (χ4v) is 3.21. The molecule has 23 heavy (non-hydrogen) atoms. The fourth-order valence-electron chi connectivity index (χ4n) is 1.90. The standard InChI is InChI=1S/C16H15NO4S2/c1-2-8-21-12-5-3-4-11(9-12)10-13-15(20)17(16(22)23-13)7-6-14(18)19/h2-5,9-10H,1,6-8H2,(H,18,19)/b13-10-. The van der Waals surface area contributed by atoms with E-state index in [-0.39, 0.29) is 18.9 Å². The van der Waals surface area contributed by atoms with Crippen LogP contribution in [0.25, 0.3) is 6.08 Å². The molecular formula is C16H15NO4S2. The van der Waals surface area contributed by atoms with Crippen molar-refractivity contribution in [2.24, 2.45) is 0 Å². The maximum atomic E-state index is 12.3.